The molecule has 2 heterocycles. The highest BCUT2D eigenvalue weighted by Crippen LogP contribution is 2.35. The number of aliphatic hydroxyl groups is 1. The molecule has 0 spiro atoms. The van der Waals surface area contributed by atoms with Crippen LogP contribution in [0.25, 0.3) is 0 Å². The van der Waals surface area contributed by atoms with Crippen LogP contribution in [-0.4, -0.2) is 44.8 Å². The molecule has 1 aromatic carbocycles. The van der Waals surface area contributed by atoms with E-state index in [4.69, 9.17) is 0 Å². The van der Waals surface area contributed by atoms with Gasteiger partial charge in [-0.1, -0.05) is 0 Å². The van der Waals surface area contributed by atoms with E-state index in [0.717, 1.165) is 18.2 Å². The quantitative estimate of drug-likeness (QED) is 0.624. The lowest BCUT2D eigenvalue weighted by Gasteiger charge is -2.35. The molecule has 7 nitrogen and oxygen atoms in total. The monoisotopic (exact) mass is 437 g/mol. The number of aromatic nitrogens is 2. The van der Waals surface area contributed by atoms with Crippen molar-refractivity contribution < 1.29 is 27.5 Å². The number of alkyl halides is 2. The fourth-order valence-electron chi connectivity index (χ4n) is 3.74. The zero-order chi connectivity index (χ0) is 22.2. The van der Waals surface area contributed by atoms with Crippen LogP contribution in [0.1, 0.15) is 36.1 Å². The lowest BCUT2D eigenvalue weighted by molar-refractivity contribution is -0.135. The number of nitrogens with one attached hydrogen (secondary N) is 2. The van der Waals surface area contributed by atoms with Crippen LogP contribution in [-0.2, 0) is 17.9 Å². The minimum absolute atomic E-state index is 0.0395. The predicted octanol–water partition coefficient (Wildman–Crippen LogP) is 2.33. The second-order valence-electron chi connectivity index (χ2n) is 7.48. The number of carbonyl (C=O) groups is 1. The Morgan fingerprint density at radius 3 is 2.87 bits per heavy atom. The molecule has 1 aliphatic heterocycles. The Hall–Kier alpha value is -3.08. The summed E-state index contributed by atoms with van der Waals surface area (Å²) < 4.78 is 54.9. The Kier molecular flexibility index (Phi) is 5.61. The van der Waals surface area contributed by atoms with Gasteiger partial charge in [0, 0.05) is 18.5 Å². The Morgan fingerprint density at radius 2 is 2.06 bits per heavy atom. The summed E-state index contributed by atoms with van der Waals surface area (Å²) in [5.74, 6) is -5.11. The molecule has 3 N–H and O–H groups in total. The fourth-order valence-corrected chi connectivity index (χ4v) is 3.74. The van der Waals surface area contributed by atoms with Gasteiger partial charge in [-0.2, -0.15) is 0 Å². The average molecular weight is 437 g/mol. The van der Waals surface area contributed by atoms with Crippen molar-refractivity contribution in [3.8, 4) is 0 Å². The molecule has 31 heavy (non-hydrogen) atoms. The van der Waals surface area contributed by atoms with Gasteiger partial charge in [0.25, 0.3) is 11.8 Å². The highest BCUT2D eigenvalue weighted by Gasteiger charge is 2.46. The summed E-state index contributed by atoms with van der Waals surface area (Å²) in [4.78, 5) is 24.9. The highest BCUT2D eigenvalue weighted by atomic mass is 19.3. The van der Waals surface area contributed by atoms with Crippen LogP contribution in [0.2, 0.25) is 0 Å². The van der Waals surface area contributed by atoms with Crippen LogP contribution >= 0.6 is 0 Å². The van der Waals surface area contributed by atoms with E-state index in [9.17, 15) is 27.5 Å². The van der Waals surface area contributed by atoms with E-state index in [1.807, 2.05) is 0 Å². The molecule has 0 saturated heterocycles. The highest BCUT2D eigenvalue weighted by molar-refractivity contribution is 6.47. The van der Waals surface area contributed by atoms with E-state index < -0.39 is 42.0 Å². The van der Waals surface area contributed by atoms with E-state index in [-0.39, 0.29) is 42.2 Å². The van der Waals surface area contributed by atoms with Crippen LogP contribution in [0.15, 0.2) is 29.5 Å². The third-order valence-electron chi connectivity index (χ3n) is 5.37. The van der Waals surface area contributed by atoms with Gasteiger partial charge in [0.15, 0.2) is 0 Å². The number of anilines is 1. The first-order valence-corrected chi connectivity index (χ1v) is 9.69. The molecular weight excluding hydrogens is 418 g/mol. The number of aliphatic imine (C=N–C) groups is 1. The molecule has 2 aromatic rings. The Morgan fingerprint density at radius 1 is 1.26 bits per heavy atom. The number of hydrogen-bond donors (Lipinski definition) is 3. The van der Waals surface area contributed by atoms with Gasteiger partial charge in [0.1, 0.15) is 35.6 Å². The van der Waals surface area contributed by atoms with Gasteiger partial charge in [0.05, 0.1) is 23.8 Å². The number of nitrogens with zero attached hydrogens (tertiary/aromatic N) is 3. The van der Waals surface area contributed by atoms with Gasteiger partial charge in [0.2, 0.25) is 0 Å². The predicted molar refractivity (Wildman–Crippen MR) is 103 cm³/mol. The maximum absolute atomic E-state index is 13.9. The van der Waals surface area contributed by atoms with Crippen molar-refractivity contribution in [3.63, 3.8) is 0 Å². The van der Waals surface area contributed by atoms with Gasteiger partial charge in [-0.05, 0) is 31.0 Å². The number of amides is 1. The Labute approximate surface area is 174 Å². The van der Waals surface area contributed by atoms with Crippen molar-refractivity contribution in [1.82, 2.24) is 15.3 Å². The Balaban J connectivity index is 1.52. The van der Waals surface area contributed by atoms with Gasteiger partial charge < -0.3 is 15.7 Å². The minimum atomic E-state index is -3.23. The molecule has 11 heteroatoms. The van der Waals surface area contributed by atoms with Crippen molar-refractivity contribution in [2.24, 2.45) is 4.99 Å². The normalized spacial score (nSPS) is 21.9. The van der Waals surface area contributed by atoms with Gasteiger partial charge in [-0.25, -0.2) is 27.5 Å². The molecule has 0 bridgehead atoms. The second-order valence-corrected chi connectivity index (χ2v) is 7.48. The molecule has 1 amide bonds. The van der Waals surface area contributed by atoms with Crippen LogP contribution in [0, 0.1) is 11.6 Å². The zero-order valence-electron chi connectivity index (χ0n) is 16.2. The smallest absolute Gasteiger partial charge is 0.275 e. The van der Waals surface area contributed by atoms with Crippen LogP contribution in [0.3, 0.4) is 0 Å². The lowest BCUT2D eigenvalue weighted by atomic mass is 9.89. The molecular formula is C20H19F4N5O2. The molecule has 0 radical (unpaired) electrons. The summed E-state index contributed by atoms with van der Waals surface area (Å²) >= 11 is 0. The maximum Gasteiger partial charge on any atom is 0.275 e. The molecule has 1 saturated carbocycles. The third-order valence-corrected chi connectivity index (χ3v) is 5.37. The van der Waals surface area contributed by atoms with Gasteiger partial charge in [-0.15, -0.1) is 0 Å². The summed E-state index contributed by atoms with van der Waals surface area (Å²) in [5, 5.41) is 15.3. The topological polar surface area (TPSA) is 99.5 Å². The summed E-state index contributed by atoms with van der Waals surface area (Å²) in [7, 11) is 0. The third kappa shape index (κ3) is 4.22. The number of benzene rings is 1. The fraction of sp³-hybridized carbons (Fsp3) is 0.400. The molecule has 1 aliphatic carbocycles. The van der Waals surface area contributed by atoms with Crippen molar-refractivity contribution in [1.29, 1.82) is 0 Å². The molecule has 4 rings (SSSR count). The molecule has 1 fully saturated rings. The number of hydrogen-bond acceptors (Lipinski definition) is 6. The molecule has 0 unspecified atom stereocenters. The molecule has 2 aliphatic rings. The first-order valence-electron chi connectivity index (χ1n) is 9.69. The summed E-state index contributed by atoms with van der Waals surface area (Å²) in [6, 6.07) is 1.94. The van der Waals surface area contributed by atoms with Gasteiger partial charge >= 0.3 is 0 Å². The van der Waals surface area contributed by atoms with Crippen molar-refractivity contribution in [3.05, 3.63) is 53.0 Å². The first-order chi connectivity index (χ1) is 14.8. The number of aliphatic hydroxyl groups excluding tert-OH is 1. The first kappa shape index (κ1) is 21.2. The number of halogens is 4. The standard InChI is InChI=1S/C20H19F4N5O2/c21-11-3-4-12(22)10(6-11)7-26-19(31)16-15-14(8-25-16)27-9-28-18(15)29-13-2-1-5-20(23,24)17(13)30/h3-4,6,9,13,17,30H,1-2,5,7-8H2,(H,26,31)(H,27,28,29)/t13-,17+/m0/s1. The van der Waals surface area contributed by atoms with Crippen LogP contribution in [0.5, 0.6) is 0 Å². The van der Waals surface area contributed by atoms with E-state index in [1.54, 1.807) is 0 Å². The van der Waals surface area contributed by atoms with E-state index in [0.29, 0.717) is 12.1 Å². The molecule has 2 atom stereocenters. The van der Waals surface area contributed by atoms with Crippen molar-refractivity contribution in [2.75, 3.05) is 5.32 Å². The second kappa shape index (κ2) is 8.22. The summed E-state index contributed by atoms with van der Waals surface area (Å²) in [5.41, 5.74) is 0.562. The van der Waals surface area contributed by atoms with Crippen molar-refractivity contribution >= 4 is 17.4 Å². The molecule has 1 aromatic heterocycles. The van der Waals surface area contributed by atoms with Gasteiger partial charge in [-0.3, -0.25) is 9.79 Å². The number of fused-ring (bicyclic) bond motifs is 1. The minimum Gasteiger partial charge on any atom is -0.385 e. The lowest BCUT2D eigenvalue weighted by Crippen LogP contribution is -2.50. The zero-order valence-corrected chi connectivity index (χ0v) is 16.2. The SMILES string of the molecule is O=C(NCc1cc(F)ccc1F)C1=NCc2ncnc(N[C@H]3CCCC(F)(F)[C@@H]3O)c21. The summed E-state index contributed by atoms with van der Waals surface area (Å²) in [6.07, 6.45) is -0.575. The molecule has 164 valence electrons. The largest absolute Gasteiger partial charge is 0.385 e. The van der Waals surface area contributed by atoms with E-state index in [1.165, 1.54) is 6.33 Å². The average Bonchev–Trinajstić information content (AvgIpc) is 3.17. The number of carbonyl (C=O) groups excluding carboxylic acids is 1. The van der Waals surface area contributed by atoms with E-state index >= 15 is 0 Å². The van der Waals surface area contributed by atoms with E-state index in [2.05, 4.69) is 25.6 Å². The van der Waals surface area contributed by atoms with Crippen molar-refractivity contribution in [2.45, 2.75) is 50.4 Å². The summed E-state index contributed by atoms with van der Waals surface area (Å²) in [6.45, 7) is -0.201. The number of rotatable bonds is 5. The van der Waals surface area contributed by atoms with Crippen LogP contribution < -0.4 is 10.6 Å². The Bertz CT molecular complexity index is 1050. The maximum atomic E-state index is 13.9. The van der Waals surface area contributed by atoms with Crippen LogP contribution in [0.4, 0.5) is 23.4 Å².